The second kappa shape index (κ2) is 6.44. The van der Waals surface area contributed by atoms with Crippen molar-refractivity contribution in [3.8, 4) is 11.8 Å². The van der Waals surface area contributed by atoms with Crippen LogP contribution in [0.3, 0.4) is 0 Å². The summed E-state index contributed by atoms with van der Waals surface area (Å²) in [4.78, 5) is 24.2. The fourth-order valence-electron chi connectivity index (χ4n) is 4.36. The number of ether oxygens (including phenoxy) is 1. The standard InChI is InChI=1S/C23H18N6O2/c24-9-13-1-5-16-20(11-31-21(16)7-13)29(15-3-4-15)23(30)14-2-6-17-18(8-14)28-12-26-10-19(28)22(25)27-17/h1-2,5-8,10,12,15,20H,3-4,11H2,(H2,25,27). The van der Waals surface area contributed by atoms with Gasteiger partial charge in [-0.3, -0.25) is 9.20 Å². The summed E-state index contributed by atoms with van der Waals surface area (Å²) in [6, 6.07) is 13.0. The van der Waals surface area contributed by atoms with E-state index in [9.17, 15) is 4.79 Å². The summed E-state index contributed by atoms with van der Waals surface area (Å²) < 4.78 is 7.70. The Balaban J connectivity index is 1.42. The summed E-state index contributed by atoms with van der Waals surface area (Å²) in [5.74, 6) is 1.04. The maximum Gasteiger partial charge on any atom is 0.254 e. The van der Waals surface area contributed by atoms with Crippen molar-refractivity contribution in [3.05, 3.63) is 65.6 Å². The molecule has 3 heterocycles. The van der Waals surface area contributed by atoms with Crippen LogP contribution in [0.25, 0.3) is 16.6 Å². The van der Waals surface area contributed by atoms with Crippen molar-refractivity contribution in [3.63, 3.8) is 0 Å². The average molecular weight is 410 g/mol. The van der Waals surface area contributed by atoms with Crippen LogP contribution in [0.5, 0.6) is 5.75 Å². The number of nitrogens with two attached hydrogens (primary N) is 1. The molecule has 0 saturated heterocycles. The fourth-order valence-corrected chi connectivity index (χ4v) is 4.36. The van der Waals surface area contributed by atoms with Crippen molar-refractivity contribution in [2.75, 3.05) is 12.3 Å². The monoisotopic (exact) mass is 410 g/mol. The first-order chi connectivity index (χ1) is 15.1. The van der Waals surface area contributed by atoms with E-state index >= 15 is 0 Å². The maximum absolute atomic E-state index is 13.7. The molecule has 0 spiro atoms. The second-order valence-electron chi connectivity index (χ2n) is 7.98. The number of amides is 1. The number of imidazole rings is 1. The van der Waals surface area contributed by atoms with Gasteiger partial charge in [-0.15, -0.1) is 0 Å². The number of hydrogen-bond donors (Lipinski definition) is 1. The fraction of sp³-hybridized carbons (Fsp3) is 0.217. The minimum atomic E-state index is -0.170. The molecule has 1 fully saturated rings. The van der Waals surface area contributed by atoms with E-state index in [2.05, 4.69) is 16.0 Å². The first kappa shape index (κ1) is 17.7. The molecule has 1 unspecified atom stereocenters. The number of carbonyl (C=O) groups excluding carboxylic acids is 1. The van der Waals surface area contributed by atoms with Gasteiger partial charge in [-0.05, 0) is 43.2 Å². The summed E-state index contributed by atoms with van der Waals surface area (Å²) in [5, 5.41) is 9.15. The lowest BCUT2D eigenvalue weighted by atomic mass is 10.0. The molecule has 6 rings (SSSR count). The van der Waals surface area contributed by atoms with Crippen LogP contribution in [0, 0.1) is 11.3 Å². The predicted molar refractivity (Wildman–Crippen MR) is 113 cm³/mol. The van der Waals surface area contributed by atoms with E-state index in [-0.39, 0.29) is 18.0 Å². The quantitative estimate of drug-likeness (QED) is 0.556. The lowest BCUT2D eigenvalue weighted by Crippen LogP contribution is -2.37. The van der Waals surface area contributed by atoms with Crippen LogP contribution in [0.2, 0.25) is 0 Å². The second-order valence-corrected chi connectivity index (χ2v) is 7.98. The van der Waals surface area contributed by atoms with Crippen molar-refractivity contribution in [1.82, 2.24) is 19.3 Å². The zero-order chi connectivity index (χ0) is 21.1. The lowest BCUT2D eigenvalue weighted by molar-refractivity contribution is 0.0630. The van der Waals surface area contributed by atoms with E-state index < -0.39 is 0 Å². The number of carbonyl (C=O) groups is 1. The van der Waals surface area contributed by atoms with Gasteiger partial charge in [0.1, 0.15) is 23.7 Å². The highest BCUT2D eigenvalue weighted by atomic mass is 16.5. The molecule has 152 valence electrons. The van der Waals surface area contributed by atoms with E-state index in [0.717, 1.165) is 23.9 Å². The van der Waals surface area contributed by atoms with Gasteiger partial charge in [0.05, 0.1) is 41.2 Å². The number of rotatable bonds is 3. The largest absolute Gasteiger partial charge is 0.491 e. The van der Waals surface area contributed by atoms with Gasteiger partial charge in [0.25, 0.3) is 5.91 Å². The highest BCUT2D eigenvalue weighted by Crippen LogP contribution is 2.42. The number of benzene rings is 2. The van der Waals surface area contributed by atoms with Crippen LogP contribution >= 0.6 is 0 Å². The number of nitriles is 1. The van der Waals surface area contributed by atoms with Gasteiger partial charge < -0.3 is 15.4 Å². The number of hydrogen-bond acceptors (Lipinski definition) is 6. The number of aromatic nitrogens is 3. The van der Waals surface area contributed by atoms with Gasteiger partial charge in [0.2, 0.25) is 0 Å². The highest BCUT2D eigenvalue weighted by Gasteiger charge is 2.42. The molecule has 1 saturated carbocycles. The molecular formula is C23H18N6O2. The lowest BCUT2D eigenvalue weighted by Gasteiger charge is -2.28. The molecule has 1 amide bonds. The number of nitrogen functional groups attached to an aromatic ring is 1. The molecular weight excluding hydrogens is 392 g/mol. The van der Waals surface area contributed by atoms with Crippen LogP contribution < -0.4 is 10.5 Å². The number of nitrogens with zero attached hydrogens (tertiary/aromatic N) is 5. The smallest absolute Gasteiger partial charge is 0.254 e. The van der Waals surface area contributed by atoms with Crippen molar-refractivity contribution < 1.29 is 9.53 Å². The SMILES string of the molecule is N#Cc1ccc2c(c1)OCC2N(C(=O)c1ccc2nc(N)c3cncn3c2c1)C1CC1. The molecule has 1 atom stereocenters. The van der Waals surface area contributed by atoms with Crippen LogP contribution in [-0.4, -0.2) is 37.8 Å². The first-order valence-corrected chi connectivity index (χ1v) is 10.1. The van der Waals surface area contributed by atoms with E-state index in [1.807, 2.05) is 27.5 Å². The van der Waals surface area contributed by atoms with Crippen molar-refractivity contribution in [2.45, 2.75) is 24.9 Å². The summed E-state index contributed by atoms with van der Waals surface area (Å²) >= 11 is 0. The topological polar surface area (TPSA) is 110 Å². The molecule has 1 aliphatic heterocycles. The van der Waals surface area contributed by atoms with Gasteiger partial charge in [-0.25, -0.2) is 9.97 Å². The van der Waals surface area contributed by atoms with E-state index in [1.54, 1.807) is 30.7 Å². The molecule has 2 aliphatic rings. The molecule has 31 heavy (non-hydrogen) atoms. The average Bonchev–Trinajstić information content (AvgIpc) is 3.33. The number of fused-ring (bicyclic) bond motifs is 4. The Labute approximate surface area is 177 Å². The van der Waals surface area contributed by atoms with E-state index in [1.165, 1.54) is 0 Å². The molecule has 2 aromatic carbocycles. The Bertz CT molecular complexity index is 1420. The normalized spacial score (nSPS) is 17.3. The van der Waals surface area contributed by atoms with Crippen LogP contribution in [0.15, 0.2) is 48.9 Å². The Kier molecular flexibility index (Phi) is 3.68. The summed E-state index contributed by atoms with van der Waals surface area (Å²) in [6.45, 7) is 0.393. The maximum atomic E-state index is 13.7. The molecule has 0 bridgehead atoms. The van der Waals surface area contributed by atoms with Gasteiger partial charge in [-0.2, -0.15) is 5.26 Å². The zero-order valence-corrected chi connectivity index (χ0v) is 16.5. The third-order valence-corrected chi connectivity index (χ3v) is 6.03. The molecule has 8 heteroatoms. The Morgan fingerprint density at radius 1 is 1.23 bits per heavy atom. The van der Waals surface area contributed by atoms with E-state index in [0.29, 0.717) is 40.3 Å². The van der Waals surface area contributed by atoms with Crippen LogP contribution in [0.1, 0.15) is 40.4 Å². The Morgan fingerprint density at radius 3 is 2.90 bits per heavy atom. The zero-order valence-electron chi connectivity index (χ0n) is 16.5. The molecule has 0 radical (unpaired) electrons. The number of anilines is 1. The Morgan fingerprint density at radius 2 is 2.10 bits per heavy atom. The van der Waals surface area contributed by atoms with Gasteiger partial charge in [0, 0.05) is 17.2 Å². The van der Waals surface area contributed by atoms with Gasteiger partial charge >= 0.3 is 0 Å². The molecule has 8 nitrogen and oxygen atoms in total. The molecule has 1 aliphatic carbocycles. The Hall–Kier alpha value is -4.12. The van der Waals surface area contributed by atoms with E-state index in [4.69, 9.17) is 15.7 Å². The molecule has 2 aromatic heterocycles. The minimum absolute atomic E-state index is 0.0414. The van der Waals surface area contributed by atoms with Crippen molar-refractivity contribution >= 4 is 28.3 Å². The third kappa shape index (κ3) is 2.70. The molecule has 4 aromatic rings. The summed E-state index contributed by atoms with van der Waals surface area (Å²) in [7, 11) is 0. The highest BCUT2D eigenvalue weighted by molar-refractivity contribution is 5.98. The van der Waals surface area contributed by atoms with Crippen molar-refractivity contribution in [1.29, 1.82) is 5.26 Å². The predicted octanol–water partition coefficient (Wildman–Crippen LogP) is 3.07. The summed E-state index contributed by atoms with van der Waals surface area (Å²) in [6.07, 6.45) is 5.29. The minimum Gasteiger partial charge on any atom is -0.491 e. The third-order valence-electron chi connectivity index (χ3n) is 6.03. The molecule has 2 N–H and O–H groups in total. The van der Waals surface area contributed by atoms with Crippen LogP contribution in [0.4, 0.5) is 5.82 Å². The first-order valence-electron chi connectivity index (χ1n) is 10.1. The summed E-state index contributed by atoms with van der Waals surface area (Å²) in [5.41, 5.74) is 10.3. The van der Waals surface area contributed by atoms with Crippen LogP contribution in [-0.2, 0) is 0 Å². The van der Waals surface area contributed by atoms with Gasteiger partial charge in [0.15, 0.2) is 0 Å². The van der Waals surface area contributed by atoms with Gasteiger partial charge in [-0.1, -0.05) is 6.07 Å². The van der Waals surface area contributed by atoms with Crippen molar-refractivity contribution in [2.24, 2.45) is 0 Å².